The van der Waals surface area contributed by atoms with Gasteiger partial charge in [-0.25, -0.2) is 0 Å². The van der Waals surface area contributed by atoms with E-state index < -0.39 is 0 Å². The van der Waals surface area contributed by atoms with Gasteiger partial charge in [0, 0.05) is 0 Å². The van der Waals surface area contributed by atoms with Crippen molar-refractivity contribution in [3.63, 3.8) is 0 Å². The zero-order valence-electron chi connectivity index (χ0n) is 4.16. The third-order valence-electron chi connectivity index (χ3n) is 0. The van der Waals surface area contributed by atoms with E-state index in [1.807, 2.05) is 0 Å². The molecular formula is H10F6Sb+. The zero-order chi connectivity index (χ0) is 0. The van der Waals surface area contributed by atoms with Crippen LogP contribution in [0, 0.1) is 0 Å². The first-order valence-corrected chi connectivity index (χ1v) is 0. The van der Waals surface area contributed by atoms with Gasteiger partial charge in [0.05, 0.1) is 0 Å². The Morgan fingerprint density at radius 2 is 0.429 bits per heavy atom. The molecule has 0 heterocycles. The van der Waals surface area contributed by atoms with Gasteiger partial charge in [0.25, 0.3) is 0 Å². The van der Waals surface area contributed by atoms with Crippen molar-refractivity contribution in [2.75, 3.05) is 0 Å². The second-order valence-corrected chi connectivity index (χ2v) is 0. The molecule has 0 amide bonds. The Morgan fingerprint density at radius 3 is 0.429 bits per heavy atom. The Balaban J connectivity index is 0. The molecule has 0 aliphatic carbocycles. The molecule has 0 aromatic carbocycles. The molecule has 56 valence electrons. The summed E-state index contributed by atoms with van der Waals surface area (Å²) >= 11 is 0. The average molecular weight is 246 g/mol. The molecule has 0 unspecified atom stereocenters. The van der Waals surface area contributed by atoms with E-state index in [4.69, 9.17) is 0 Å². The molecule has 0 spiro atoms. The van der Waals surface area contributed by atoms with Gasteiger partial charge in [0.1, 0.15) is 0 Å². The van der Waals surface area contributed by atoms with E-state index in [0.717, 1.165) is 0 Å². The SMILES string of the molecule is F.F.F.F.F.F.[H+].[SbH3]. The molecule has 0 nitrogen and oxygen atoms in total. The van der Waals surface area contributed by atoms with Crippen LogP contribution >= 0.6 is 0 Å². The molecule has 0 aliphatic rings. The van der Waals surface area contributed by atoms with Crippen molar-refractivity contribution >= 4 is 24.4 Å². The average Bonchev–Trinajstić information content (AvgIpc) is 0. The Morgan fingerprint density at radius 1 is 0.429 bits per heavy atom. The van der Waals surface area contributed by atoms with E-state index >= 15 is 0 Å². The summed E-state index contributed by atoms with van der Waals surface area (Å²) in [4.78, 5) is 0. The quantitative estimate of drug-likeness (QED) is 0.411. The molecule has 0 fully saturated rings. The van der Waals surface area contributed by atoms with Crippen LogP contribution in [0.3, 0.4) is 0 Å². The van der Waals surface area contributed by atoms with Crippen molar-refractivity contribution in [1.29, 1.82) is 0 Å². The van der Waals surface area contributed by atoms with Crippen LogP contribution in [0.15, 0.2) is 0 Å². The Hall–Kier alpha value is 0.398. The van der Waals surface area contributed by atoms with Crippen molar-refractivity contribution in [2.45, 2.75) is 0 Å². The topological polar surface area (TPSA) is 0 Å². The van der Waals surface area contributed by atoms with E-state index in [9.17, 15) is 0 Å². The Bertz CT molecular complexity index is 8.49. The molecule has 0 atom stereocenters. The van der Waals surface area contributed by atoms with Crippen LogP contribution in [0.2, 0.25) is 0 Å². The minimum absolute atomic E-state index is 0. The van der Waals surface area contributed by atoms with Gasteiger partial charge in [-0.1, -0.05) is 0 Å². The zero-order valence-corrected chi connectivity index (χ0v) is 7.19. The van der Waals surface area contributed by atoms with Crippen LogP contribution < -0.4 is 0 Å². The van der Waals surface area contributed by atoms with Crippen LogP contribution in [0.1, 0.15) is 1.43 Å². The van der Waals surface area contributed by atoms with E-state index in [0.29, 0.717) is 0 Å². The number of halogens is 6. The molecule has 7 heavy (non-hydrogen) atoms. The van der Waals surface area contributed by atoms with Crippen LogP contribution in [0.25, 0.3) is 0 Å². The van der Waals surface area contributed by atoms with E-state index in [1.165, 1.54) is 0 Å². The summed E-state index contributed by atoms with van der Waals surface area (Å²) < 4.78 is 0. The summed E-state index contributed by atoms with van der Waals surface area (Å²) in [6.07, 6.45) is 0. The van der Waals surface area contributed by atoms with Crippen LogP contribution in [-0.2, 0) is 0 Å². The maximum absolute atomic E-state index is 0. The number of rotatable bonds is 0. The summed E-state index contributed by atoms with van der Waals surface area (Å²) in [5.74, 6) is 0. The monoisotopic (exact) mass is 245 g/mol. The summed E-state index contributed by atoms with van der Waals surface area (Å²) in [5.41, 5.74) is 0. The summed E-state index contributed by atoms with van der Waals surface area (Å²) in [7, 11) is 0. The molecule has 0 N–H and O–H groups in total. The summed E-state index contributed by atoms with van der Waals surface area (Å²) in [6, 6.07) is 0. The van der Waals surface area contributed by atoms with Crippen molar-refractivity contribution in [2.24, 2.45) is 0 Å². The molecule has 0 saturated carbocycles. The fourth-order valence-corrected chi connectivity index (χ4v) is 0. The van der Waals surface area contributed by atoms with Gasteiger partial charge < -0.3 is 0 Å². The van der Waals surface area contributed by atoms with Gasteiger partial charge >= 0.3 is 25.9 Å². The van der Waals surface area contributed by atoms with Gasteiger partial charge in [-0.15, -0.1) is 0 Å². The molecule has 0 radical (unpaired) electrons. The molecule has 0 saturated heterocycles. The van der Waals surface area contributed by atoms with Crippen molar-refractivity contribution < 1.29 is 29.7 Å². The van der Waals surface area contributed by atoms with E-state index in [-0.39, 0.29) is 54.1 Å². The summed E-state index contributed by atoms with van der Waals surface area (Å²) in [6.45, 7) is 0. The molecule has 0 aliphatic heterocycles. The number of hydrogen-bond acceptors (Lipinski definition) is 0. The Labute approximate surface area is 54.8 Å². The second-order valence-electron chi connectivity index (χ2n) is 0. The van der Waals surface area contributed by atoms with Crippen molar-refractivity contribution in [1.82, 2.24) is 0 Å². The number of hydrogen-bond donors (Lipinski definition) is 0. The molecular weight excluding hydrogens is 236 g/mol. The maximum atomic E-state index is 0. The fourth-order valence-electron chi connectivity index (χ4n) is 0. The van der Waals surface area contributed by atoms with Crippen molar-refractivity contribution in [3.8, 4) is 0 Å². The van der Waals surface area contributed by atoms with Gasteiger partial charge in [0.15, 0.2) is 0 Å². The molecule has 0 aromatic rings. The van der Waals surface area contributed by atoms with Gasteiger partial charge in [0.2, 0.25) is 0 Å². The Kier molecular flexibility index (Phi) is 321000. The van der Waals surface area contributed by atoms with Crippen LogP contribution in [0.5, 0.6) is 0 Å². The van der Waals surface area contributed by atoms with E-state index in [1.54, 1.807) is 0 Å². The summed E-state index contributed by atoms with van der Waals surface area (Å²) in [5, 5.41) is 0. The third-order valence-corrected chi connectivity index (χ3v) is 0. The normalized spacial score (nSPS) is 0. The van der Waals surface area contributed by atoms with Gasteiger partial charge in [-0.3, -0.25) is 28.2 Å². The third kappa shape index (κ3) is 781. The van der Waals surface area contributed by atoms with Crippen LogP contribution in [-0.4, -0.2) is 24.4 Å². The molecule has 0 aromatic heterocycles. The molecule has 7 heteroatoms. The van der Waals surface area contributed by atoms with Crippen molar-refractivity contribution in [3.05, 3.63) is 0 Å². The van der Waals surface area contributed by atoms with Gasteiger partial charge in [-0.2, -0.15) is 0 Å². The first-order chi connectivity index (χ1) is 0. The predicted molar refractivity (Wildman–Crippen MR) is 26.1 cm³/mol. The first-order valence-electron chi connectivity index (χ1n) is 0. The fraction of sp³-hybridized carbons (Fsp3) is 0. The van der Waals surface area contributed by atoms with Gasteiger partial charge in [-0.05, 0) is 0 Å². The van der Waals surface area contributed by atoms with Crippen LogP contribution in [0.4, 0.5) is 28.2 Å². The molecule has 0 rings (SSSR count). The van der Waals surface area contributed by atoms with E-state index in [2.05, 4.69) is 0 Å². The second kappa shape index (κ2) is 1180. The first kappa shape index (κ1) is 1910. The molecule has 0 bridgehead atoms. The standard InChI is InChI=1S/6FH.Sb.3H/h6*1H;;;;/p+1. The minimum atomic E-state index is 0. The predicted octanol–water partition coefficient (Wildman–Crippen LogP) is -0.156.